The van der Waals surface area contributed by atoms with Crippen molar-refractivity contribution in [2.24, 2.45) is 0 Å². The Morgan fingerprint density at radius 3 is 2.64 bits per heavy atom. The fourth-order valence-electron chi connectivity index (χ4n) is 3.50. The van der Waals surface area contributed by atoms with Gasteiger partial charge in [0.1, 0.15) is 5.82 Å². The molecule has 7 nitrogen and oxygen atoms in total. The van der Waals surface area contributed by atoms with Gasteiger partial charge < -0.3 is 14.6 Å². The zero-order valence-electron chi connectivity index (χ0n) is 15.1. The molecular weight excluding hydrogens is 375 g/mol. The Labute approximate surface area is 159 Å². The largest absolute Gasteiger partial charge is 0.449 e. The maximum absolute atomic E-state index is 12.8. The minimum atomic E-state index is -4.65. The van der Waals surface area contributed by atoms with Gasteiger partial charge in [0.15, 0.2) is 0 Å². The molecule has 0 saturated carbocycles. The van der Waals surface area contributed by atoms with Gasteiger partial charge in [-0.25, -0.2) is 9.97 Å². The maximum atomic E-state index is 12.8. The first kappa shape index (κ1) is 18.9. The van der Waals surface area contributed by atoms with Gasteiger partial charge in [-0.2, -0.15) is 13.2 Å². The van der Waals surface area contributed by atoms with E-state index in [0.29, 0.717) is 38.3 Å². The number of aromatic nitrogens is 3. The van der Waals surface area contributed by atoms with Crippen molar-refractivity contribution in [1.29, 1.82) is 0 Å². The summed E-state index contributed by atoms with van der Waals surface area (Å²) in [6.45, 7) is 4.36. The SMILES string of the molecule is O=c1[nH]c(C(F)(F)F)nc2c1CN(Cc1ccc(N3CCOCC3)nc1)CC2. The molecular formula is C18H20F3N5O2. The van der Waals surface area contributed by atoms with Crippen molar-refractivity contribution in [3.05, 3.63) is 51.3 Å². The topological polar surface area (TPSA) is 74.4 Å². The van der Waals surface area contributed by atoms with Gasteiger partial charge >= 0.3 is 6.18 Å². The first-order valence-corrected chi connectivity index (χ1v) is 9.09. The Bertz CT molecular complexity index is 892. The lowest BCUT2D eigenvalue weighted by atomic mass is 10.1. The number of fused-ring (bicyclic) bond motifs is 1. The molecule has 0 spiro atoms. The van der Waals surface area contributed by atoms with Crippen LogP contribution in [-0.2, 0) is 30.4 Å². The molecule has 1 saturated heterocycles. The number of H-pyrrole nitrogens is 1. The number of alkyl halides is 3. The standard InChI is InChI=1S/C18H20F3N5O2/c19-18(20,21)17-23-14-3-4-25(11-13(14)16(27)24-17)10-12-1-2-15(22-9-12)26-5-7-28-8-6-26/h1-2,9H,3-8,10-11H2,(H,23,24,27). The van der Waals surface area contributed by atoms with E-state index in [4.69, 9.17) is 4.74 Å². The van der Waals surface area contributed by atoms with Gasteiger partial charge in [-0.05, 0) is 11.6 Å². The van der Waals surface area contributed by atoms with Gasteiger partial charge in [0, 0.05) is 45.3 Å². The quantitative estimate of drug-likeness (QED) is 0.851. The monoisotopic (exact) mass is 395 g/mol. The third kappa shape index (κ3) is 4.02. The number of ether oxygens (including phenoxy) is 1. The molecule has 0 aliphatic carbocycles. The highest BCUT2D eigenvalue weighted by Crippen LogP contribution is 2.26. The van der Waals surface area contributed by atoms with E-state index in [9.17, 15) is 18.0 Å². The van der Waals surface area contributed by atoms with Crippen molar-refractivity contribution >= 4 is 5.82 Å². The number of anilines is 1. The van der Waals surface area contributed by atoms with Crippen molar-refractivity contribution < 1.29 is 17.9 Å². The van der Waals surface area contributed by atoms with Crippen molar-refractivity contribution in [2.75, 3.05) is 37.7 Å². The molecule has 1 N–H and O–H groups in total. The molecule has 1 fully saturated rings. The van der Waals surface area contributed by atoms with Crippen molar-refractivity contribution in [2.45, 2.75) is 25.7 Å². The first-order chi connectivity index (χ1) is 13.4. The Morgan fingerprint density at radius 2 is 1.96 bits per heavy atom. The van der Waals surface area contributed by atoms with Gasteiger partial charge in [-0.1, -0.05) is 6.07 Å². The number of rotatable bonds is 3. The Morgan fingerprint density at radius 1 is 1.18 bits per heavy atom. The molecule has 4 rings (SSSR count). The predicted molar refractivity (Wildman–Crippen MR) is 94.9 cm³/mol. The molecule has 0 radical (unpaired) electrons. The fraction of sp³-hybridized carbons (Fsp3) is 0.500. The van der Waals surface area contributed by atoms with Crippen LogP contribution < -0.4 is 10.5 Å². The predicted octanol–water partition coefficient (Wildman–Crippen LogP) is 1.58. The summed E-state index contributed by atoms with van der Waals surface area (Å²) in [4.78, 5) is 26.3. The average molecular weight is 395 g/mol. The number of nitrogens with one attached hydrogen (secondary N) is 1. The molecule has 0 aromatic carbocycles. The zero-order chi connectivity index (χ0) is 19.7. The average Bonchev–Trinajstić information content (AvgIpc) is 2.69. The van der Waals surface area contributed by atoms with Gasteiger partial charge in [-0.3, -0.25) is 9.69 Å². The highest BCUT2D eigenvalue weighted by molar-refractivity contribution is 5.39. The van der Waals surface area contributed by atoms with Crippen LogP contribution in [0.3, 0.4) is 0 Å². The van der Waals surface area contributed by atoms with Gasteiger partial charge in [0.25, 0.3) is 5.56 Å². The molecule has 0 atom stereocenters. The third-order valence-electron chi connectivity index (χ3n) is 4.97. The number of pyridine rings is 1. The molecule has 4 heterocycles. The fourth-order valence-corrected chi connectivity index (χ4v) is 3.50. The molecule has 28 heavy (non-hydrogen) atoms. The smallest absolute Gasteiger partial charge is 0.378 e. The van der Waals surface area contributed by atoms with Crippen LogP contribution in [0.15, 0.2) is 23.1 Å². The number of aromatic amines is 1. The van der Waals surface area contributed by atoms with Crippen LogP contribution in [0.2, 0.25) is 0 Å². The summed E-state index contributed by atoms with van der Waals surface area (Å²) >= 11 is 0. The molecule has 2 aliphatic heterocycles. The molecule has 2 aliphatic rings. The first-order valence-electron chi connectivity index (χ1n) is 9.09. The van der Waals surface area contributed by atoms with E-state index >= 15 is 0 Å². The summed E-state index contributed by atoms with van der Waals surface area (Å²) in [5.41, 5.74) is 0.796. The van der Waals surface area contributed by atoms with Crippen LogP contribution in [0.1, 0.15) is 22.6 Å². The number of morpholine rings is 1. The summed E-state index contributed by atoms with van der Waals surface area (Å²) in [6, 6.07) is 3.95. The van der Waals surface area contributed by atoms with E-state index in [1.165, 1.54) is 0 Å². The molecule has 2 aromatic rings. The second-order valence-corrected chi connectivity index (χ2v) is 6.92. The van der Waals surface area contributed by atoms with E-state index < -0.39 is 17.6 Å². The summed E-state index contributed by atoms with van der Waals surface area (Å²) in [5, 5.41) is 0. The van der Waals surface area contributed by atoms with E-state index in [0.717, 1.165) is 24.5 Å². The summed E-state index contributed by atoms with van der Waals surface area (Å²) in [6.07, 6.45) is -2.55. The van der Waals surface area contributed by atoms with E-state index in [2.05, 4.69) is 14.9 Å². The van der Waals surface area contributed by atoms with Crippen LogP contribution in [0.5, 0.6) is 0 Å². The Hall–Kier alpha value is -2.46. The number of nitrogens with zero attached hydrogens (tertiary/aromatic N) is 4. The number of halogens is 3. The van der Waals surface area contributed by atoms with E-state index in [1.807, 2.05) is 22.0 Å². The van der Waals surface area contributed by atoms with Crippen LogP contribution in [-0.4, -0.2) is 52.7 Å². The van der Waals surface area contributed by atoms with Crippen molar-refractivity contribution in [1.82, 2.24) is 19.9 Å². The van der Waals surface area contributed by atoms with Crippen molar-refractivity contribution in [3.63, 3.8) is 0 Å². The molecule has 0 unspecified atom stereocenters. The number of hydrogen-bond donors (Lipinski definition) is 1. The molecule has 2 aromatic heterocycles. The maximum Gasteiger partial charge on any atom is 0.449 e. The molecule has 0 amide bonds. The minimum absolute atomic E-state index is 0.230. The molecule has 150 valence electrons. The van der Waals surface area contributed by atoms with Crippen LogP contribution >= 0.6 is 0 Å². The highest BCUT2D eigenvalue weighted by atomic mass is 19.4. The number of hydrogen-bond acceptors (Lipinski definition) is 6. The lowest BCUT2D eigenvalue weighted by Crippen LogP contribution is -2.37. The summed E-state index contributed by atoms with van der Waals surface area (Å²) in [5.74, 6) is -0.330. The van der Waals surface area contributed by atoms with Gasteiger partial charge in [0.2, 0.25) is 5.82 Å². The van der Waals surface area contributed by atoms with Crippen LogP contribution in [0.4, 0.5) is 19.0 Å². The van der Waals surface area contributed by atoms with E-state index in [1.54, 1.807) is 6.20 Å². The van der Waals surface area contributed by atoms with Gasteiger partial charge in [-0.15, -0.1) is 0 Å². The highest BCUT2D eigenvalue weighted by Gasteiger charge is 2.35. The second kappa shape index (κ2) is 7.51. The van der Waals surface area contributed by atoms with Crippen LogP contribution in [0.25, 0.3) is 0 Å². The Balaban J connectivity index is 1.44. The Kier molecular flexibility index (Phi) is 5.07. The minimum Gasteiger partial charge on any atom is -0.378 e. The van der Waals surface area contributed by atoms with Crippen LogP contribution in [0, 0.1) is 0 Å². The molecule has 0 bridgehead atoms. The second-order valence-electron chi connectivity index (χ2n) is 6.92. The van der Waals surface area contributed by atoms with Gasteiger partial charge in [0.05, 0.1) is 24.5 Å². The lowest BCUT2D eigenvalue weighted by Gasteiger charge is -2.29. The van der Waals surface area contributed by atoms with Crippen molar-refractivity contribution in [3.8, 4) is 0 Å². The third-order valence-corrected chi connectivity index (χ3v) is 4.97. The van der Waals surface area contributed by atoms with E-state index in [-0.39, 0.29) is 12.2 Å². The zero-order valence-corrected chi connectivity index (χ0v) is 15.1. The summed E-state index contributed by atoms with van der Waals surface area (Å²) < 4.78 is 43.8. The summed E-state index contributed by atoms with van der Waals surface area (Å²) in [7, 11) is 0. The lowest BCUT2D eigenvalue weighted by molar-refractivity contribution is -0.145. The normalized spacial score (nSPS) is 18.2. The molecule has 10 heteroatoms.